The van der Waals surface area contributed by atoms with Crippen molar-refractivity contribution >= 4 is 7.60 Å². The molecule has 0 bridgehead atoms. The lowest BCUT2D eigenvalue weighted by Crippen LogP contribution is -2.63. The highest BCUT2D eigenvalue weighted by Gasteiger charge is 2.08. The van der Waals surface area contributed by atoms with Crippen LogP contribution in [0.5, 0.6) is 0 Å². The van der Waals surface area contributed by atoms with Crippen molar-refractivity contribution in [3.8, 4) is 0 Å². The van der Waals surface area contributed by atoms with Crippen molar-refractivity contribution < 1.29 is 20.1 Å². The average Bonchev–Trinajstić information content (AvgIpc) is 1.86. The number of hydrogen-bond donors (Lipinski definition) is 1. The average molecular weight is 180 g/mol. The van der Waals surface area contributed by atoms with Crippen LogP contribution in [0.3, 0.4) is 0 Å². The third-order valence-corrected chi connectivity index (χ3v) is 2.74. The van der Waals surface area contributed by atoms with E-state index in [1.54, 1.807) is 0 Å². The van der Waals surface area contributed by atoms with Crippen LogP contribution in [0.1, 0.15) is 32.6 Å². The lowest BCUT2D eigenvalue weighted by Gasteiger charge is -2.32. The minimum absolute atomic E-state index is 0.401. The minimum Gasteiger partial charge on any atom is -0.807 e. The molecule has 0 saturated heterocycles. The molecular formula is C6H15NO3P-. The van der Waals surface area contributed by atoms with Gasteiger partial charge in [-0.25, -0.2) is 0 Å². The summed E-state index contributed by atoms with van der Waals surface area (Å²) < 4.78 is 10.3. The van der Waals surface area contributed by atoms with Gasteiger partial charge >= 0.3 is 0 Å². The maximum atomic E-state index is 10.3. The summed E-state index contributed by atoms with van der Waals surface area (Å²) >= 11 is 0. The molecule has 5 heteroatoms. The van der Waals surface area contributed by atoms with Crippen LogP contribution in [-0.4, -0.2) is 5.78 Å². The second kappa shape index (κ2) is 4.88. The number of quaternary nitrogens is 1. The molecule has 0 radical (unpaired) electrons. The molecular weight excluding hydrogens is 165 g/mol. The van der Waals surface area contributed by atoms with Crippen LogP contribution in [0.25, 0.3) is 0 Å². The number of unbranched alkanes of at least 4 members (excludes halogenated alkanes) is 2. The fourth-order valence-corrected chi connectivity index (χ4v) is 1.29. The van der Waals surface area contributed by atoms with E-state index in [1.165, 1.54) is 0 Å². The van der Waals surface area contributed by atoms with Gasteiger partial charge in [0.25, 0.3) is 0 Å². The molecule has 0 aromatic carbocycles. The van der Waals surface area contributed by atoms with Crippen LogP contribution in [0.15, 0.2) is 0 Å². The molecule has 0 amide bonds. The zero-order chi connectivity index (χ0) is 8.91. The molecule has 68 valence electrons. The molecule has 4 nitrogen and oxygen atoms in total. The molecule has 0 fully saturated rings. The summed E-state index contributed by atoms with van der Waals surface area (Å²) in [6.45, 7) is 2.02. The highest BCUT2D eigenvalue weighted by molar-refractivity contribution is 7.49. The maximum absolute atomic E-state index is 10.3. The minimum atomic E-state index is -4.41. The second-order valence-electron chi connectivity index (χ2n) is 2.69. The van der Waals surface area contributed by atoms with Crippen LogP contribution in [-0.2, 0) is 4.57 Å². The summed E-state index contributed by atoms with van der Waals surface area (Å²) in [5.41, 5.74) is 3.29. The number of rotatable bonds is 5. The zero-order valence-corrected chi connectivity index (χ0v) is 7.68. The van der Waals surface area contributed by atoms with Gasteiger partial charge < -0.3 is 20.1 Å². The fourth-order valence-electron chi connectivity index (χ4n) is 0.788. The lowest BCUT2D eigenvalue weighted by molar-refractivity contribution is -0.430. The predicted molar refractivity (Wildman–Crippen MR) is 38.4 cm³/mol. The molecule has 0 aliphatic heterocycles. The van der Waals surface area contributed by atoms with Gasteiger partial charge in [-0.05, 0) is 14.0 Å². The summed E-state index contributed by atoms with van der Waals surface area (Å²) in [4.78, 5) is 20.7. The summed E-state index contributed by atoms with van der Waals surface area (Å²) in [6, 6.07) is 0. The molecule has 0 rings (SSSR count). The SMILES string of the molecule is CCCCC[C@@H]([NH3+])P(=O)([O-])[O-]. The van der Waals surface area contributed by atoms with Crippen LogP contribution in [0.2, 0.25) is 0 Å². The zero-order valence-electron chi connectivity index (χ0n) is 6.78. The van der Waals surface area contributed by atoms with Crippen LogP contribution < -0.4 is 15.5 Å². The Labute approximate surface area is 67.0 Å². The first-order chi connectivity index (χ1) is 4.98. The standard InChI is InChI=1S/C6H16NO3P/c1-2-3-4-5-6(7)11(8,9)10/h6H,2-5,7H2,1H3,(H2,8,9,10)/p-1/t6-/m0/s1. The van der Waals surface area contributed by atoms with Crippen LogP contribution in [0, 0.1) is 0 Å². The first kappa shape index (κ1) is 11.1. The first-order valence-corrected chi connectivity index (χ1v) is 5.44. The molecule has 0 aliphatic rings. The highest BCUT2D eigenvalue weighted by Crippen LogP contribution is 2.29. The van der Waals surface area contributed by atoms with Crippen molar-refractivity contribution in [2.24, 2.45) is 0 Å². The van der Waals surface area contributed by atoms with Crippen LogP contribution in [0.4, 0.5) is 0 Å². The van der Waals surface area contributed by atoms with E-state index in [0.29, 0.717) is 6.42 Å². The fraction of sp³-hybridized carbons (Fsp3) is 1.00. The van der Waals surface area contributed by atoms with Gasteiger partial charge in [-0.15, -0.1) is 0 Å². The van der Waals surface area contributed by atoms with E-state index in [0.717, 1.165) is 19.3 Å². The molecule has 0 aromatic heterocycles. The topological polar surface area (TPSA) is 90.8 Å². The van der Waals surface area contributed by atoms with Crippen molar-refractivity contribution in [1.82, 2.24) is 0 Å². The van der Waals surface area contributed by atoms with Gasteiger partial charge in [0, 0.05) is 6.42 Å². The molecule has 11 heavy (non-hydrogen) atoms. The van der Waals surface area contributed by atoms with E-state index < -0.39 is 13.4 Å². The van der Waals surface area contributed by atoms with Gasteiger partial charge in [-0.3, -0.25) is 0 Å². The Balaban J connectivity index is 3.53. The Morgan fingerprint density at radius 2 is 2.00 bits per heavy atom. The predicted octanol–water partition coefficient (Wildman–Crippen LogP) is -0.952. The Hall–Kier alpha value is 0.110. The van der Waals surface area contributed by atoms with Crippen molar-refractivity contribution in [1.29, 1.82) is 0 Å². The molecule has 0 unspecified atom stereocenters. The third kappa shape index (κ3) is 5.39. The Bertz CT molecular complexity index is 145. The van der Waals surface area contributed by atoms with Crippen LogP contribution >= 0.6 is 7.60 Å². The van der Waals surface area contributed by atoms with E-state index in [9.17, 15) is 14.4 Å². The lowest BCUT2D eigenvalue weighted by atomic mass is 10.2. The number of hydrogen-bond acceptors (Lipinski definition) is 3. The normalized spacial score (nSPS) is 14.9. The monoisotopic (exact) mass is 180 g/mol. The molecule has 0 heterocycles. The molecule has 0 aliphatic carbocycles. The Morgan fingerprint density at radius 1 is 1.45 bits per heavy atom. The van der Waals surface area contributed by atoms with Gasteiger partial charge in [-0.1, -0.05) is 19.8 Å². The molecule has 1 atom stereocenters. The summed E-state index contributed by atoms with van der Waals surface area (Å²) in [7, 11) is -4.41. The Morgan fingerprint density at radius 3 is 2.36 bits per heavy atom. The summed E-state index contributed by atoms with van der Waals surface area (Å²) in [5, 5.41) is 0. The van der Waals surface area contributed by atoms with Crippen molar-refractivity contribution in [2.75, 3.05) is 0 Å². The van der Waals surface area contributed by atoms with Gasteiger partial charge in [0.2, 0.25) is 0 Å². The smallest absolute Gasteiger partial charge is 0.110 e. The summed E-state index contributed by atoms with van der Waals surface area (Å²) in [5.74, 6) is -0.936. The first-order valence-electron chi connectivity index (χ1n) is 3.83. The molecule has 0 spiro atoms. The van der Waals surface area contributed by atoms with Gasteiger partial charge in [0.1, 0.15) is 5.78 Å². The van der Waals surface area contributed by atoms with E-state index in [4.69, 9.17) is 0 Å². The van der Waals surface area contributed by atoms with E-state index >= 15 is 0 Å². The summed E-state index contributed by atoms with van der Waals surface area (Å²) in [6.07, 6.45) is 3.16. The molecule has 0 saturated carbocycles. The van der Waals surface area contributed by atoms with Gasteiger partial charge in [0.15, 0.2) is 0 Å². The van der Waals surface area contributed by atoms with E-state index in [1.807, 2.05) is 6.92 Å². The van der Waals surface area contributed by atoms with Gasteiger partial charge in [-0.2, -0.15) is 0 Å². The van der Waals surface area contributed by atoms with Crippen molar-refractivity contribution in [2.45, 2.75) is 38.4 Å². The highest BCUT2D eigenvalue weighted by atomic mass is 31.2. The largest absolute Gasteiger partial charge is 0.807 e. The van der Waals surface area contributed by atoms with E-state index in [-0.39, 0.29) is 0 Å². The quantitative estimate of drug-likeness (QED) is 0.436. The molecule has 0 aromatic rings. The second-order valence-corrected chi connectivity index (χ2v) is 4.50. The Kier molecular flexibility index (Phi) is 4.93. The molecule has 3 N–H and O–H groups in total. The third-order valence-electron chi connectivity index (χ3n) is 1.59. The van der Waals surface area contributed by atoms with Gasteiger partial charge in [0.05, 0.1) is 0 Å². The van der Waals surface area contributed by atoms with E-state index in [2.05, 4.69) is 5.73 Å². The van der Waals surface area contributed by atoms with Crippen molar-refractivity contribution in [3.05, 3.63) is 0 Å². The maximum Gasteiger partial charge on any atom is 0.110 e. The van der Waals surface area contributed by atoms with Crippen molar-refractivity contribution in [3.63, 3.8) is 0 Å².